The van der Waals surface area contributed by atoms with E-state index in [0.717, 1.165) is 30.4 Å². The van der Waals surface area contributed by atoms with E-state index in [4.69, 9.17) is 11.3 Å². The van der Waals surface area contributed by atoms with E-state index < -0.39 is 11.7 Å². The maximum absolute atomic E-state index is 13.7. The van der Waals surface area contributed by atoms with E-state index in [1.165, 1.54) is 11.1 Å². The molecule has 38 heavy (non-hydrogen) atoms. The smallest absolute Gasteiger partial charge is 0.381 e. The van der Waals surface area contributed by atoms with Crippen molar-refractivity contribution in [2.24, 2.45) is 12.9 Å². The number of nitrogens with zero attached hydrogens (tertiary/aromatic N) is 6. The zero-order chi connectivity index (χ0) is 27.6. The molecular weight excluding hydrogens is 495 g/mol. The fourth-order valence-electron chi connectivity index (χ4n) is 4.41. The number of benzene rings is 1. The molecule has 2 aromatic heterocycles. The number of aromatic nitrogens is 3. The Morgan fingerprint density at radius 2 is 1.79 bits per heavy atom. The van der Waals surface area contributed by atoms with Gasteiger partial charge in [0.15, 0.2) is 0 Å². The Balaban J connectivity index is 1.50. The van der Waals surface area contributed by atoms with Crippen LogP contribution in [0.2, 0.25) is 0 Å². The molecule has 0 radical (unpaired) electrons. The van der Waals surface area contributed by atoms with E-state index in [-0.39, 0.29) is 13.1 Å². The summed E-state index contributed by atoms with van der Waals surface area (Å²) < 4.78 is 42.7. The van der Waals surface area contributed by atoms with E-state index in [1.54, 1.807) is 23.1 Å². The second-order valence-electron chi connectivity index (χ2n) is 9.73. The topological polar surface area (TPSA) is 102 Å². The zero-order valence-corrected chi connectivity index (χ0v) is 22.1. The monoisotopic (exact) mass is 529 g/mol. The van der Waals surface area contributed by atoms with Crippen LogP contribution in [0.4, 0.5) is 30.2 Å². The third kappa shape index (κ3) is 6.25. The SMILES string of the molecule is Cc1ncc(CNc2cc(N3CCN(C)CC3)cc(C(F)(F)F)c2)cc1N(N)CC(=N)c1cnn(C)c1C. The van der Waals surface area contributed by atoms with Crippen LogP contribution in [-0.2, 0) is 19.8 Å². The van der Waals surface area contributed by atoms with Crippen molar-refractivity contribution in [2.45, 2.75) is 26.6 Å². The highest BCUT2D eigenvalue weighted by atomic mass is 19.4. The second kappa shape index (κ2) is 11.0. The Hall–Kier alpha value is -3.64. The van der Waals surface area contributed by atoms with Gasteiger partial charge < -0.3 is 25.5 Å². The lowest BCUT2D eigenvalue weighted by Crippen LogP contribution is -2.44. The van der Waals surface area contributed by atoms with Crippen molar-refractivity contribution in [1.29, 1.82) is 5.41 Å². The minimum Gasteiger partial charge on any atom is -0.381 e. The van der Waals surface area contributed by atoms with Gasteiger partial charge in [0.05, 0.1) is 35.4 Å². The van der Waals surface area contributed by atoms with Gasteiger partial charge in [0, 0.05) is 68.6 Å². The van der Waals surface area contributed by atoms with Crippen molar-refractivity contribution in [3.8, 4) is 0 Å². The third-order valence-electron chi connectivity index (χ3n) is 6.93. The van der Waals surface area contributed by atoms with Crippen LogP contribution in [0.5, 0.6) is 0 Å². The van der Waals surface area contributed by atoms with Crippen molar-refractivity contribution >= 4 is 22.8 Å². The Bertz CT molecular complexity index is 1290. The number of pyridine rings is 1. The number of piperazine rings is 1. The molecular formula is C26H34F3N9. The van der Waals surface area contributed by atoms with Crippen LogP contribution in [0, 0.1) is 19.3 Å². The highest BCUT2D eigenvalue weighted by Crippen LogP contribution is 2.35. The molecule has 3 heterocycles. The van der Waals surface area contributed by atoms with Crippen molar-refractivity contribution in [2.75, 3.05) is 55.0 Å². The number of nitrogens with two attached hydrogens (primary N) is 1. The molecule has 4 N–H and O–H groups in total. The molecule has 204 valence electrons. The molecule has 4 rings (SSSR count). The molecule has 12 heteroatoms. The van der Waals surface area contributed by atoms with Gasteiger partial charge in [-0.15, -0.1) is 0 Å². The minimum atomic E-state index is -4.45. The number of aryl methyl sites for hydroxylation is 2. The molecule has 1 fully saturated rings. The highest BCUT2D eigenvalue weighted by Gasteiger charge is 2.32. The van der Waals surface area contributed by atoms with Crippen LogP contribution in [0.25, 0.3) is 0 Å². The van der Waals surface area contributed by atoms with E-state index in [1.807, 2.05) is 38.9 Å². The number of hydrogen-bond acceptors (Lipinski definition) is 8. The van der Waals surface area contributed by atoms with Gasteiger partial charge in [-0.25, -0.2) is 5.84 Å². The van der Waals surface area contributed by atoms with Crippen LogP contribution in [0.3, 0.4) is 0 Å². The standard InChI is InChI=1S/C26H34F3N9/c1-17-25(38(31)16-24(30)23-15-34-36(4)18(23)2)9-19(13-32-17)14-33-21-10-20(26(27,28)29)11-22(12-21)37-7-5-35(3)6-8-37/h9-13,15,30,33H,5-8,14,16,31H2,1-4H3. The van der Waals surface area contributed by atoms with Gasteiger partial charge in [-0.3, -0.25) is 9.67 Å². The molecule has 0 bridgehead atoms. The molecule has 0 amide bonds. The Morgan fingerprint density at radius 1 is 1.08 bits per heavy atom. The van der Waals surface area contributed by atoms with Gasteiger partial charge in [-0.05, 0) is 50.7 Å². The fraction of sp³-hybridized carbons (Fsp3) is 0.423. The molecule has 9 nitrogen and oxygen atoms in total. The van der Waals surface area contributed by atoms with Crippen LogP contribution in [0.15, 0.2) is 36.7 Å². The molecule has 3 aromatic rings. The van der Waals surface area contributed by atoms with Gasteiger partial charge in [-0.1, -0.05) is 0 Å². The van der Waals surface area contributed by atoms with E-state index in [9.17, 15) is 13.2 Å². The molecule has 1 aliphatic rings. The predicted octanol–water partition coefficient (Wildman–Crippen LogP) is 3.56. The minimum absolute atomic E-state index is 0.147. The van der Waals surface area contributed by atoms with Crippen molar-refractivity contribution in [3.63, 3.8) is 0 Å². The van der Waals surface area contributed by atoms with Crippen LogP contribution in [0.1, 0.15) is 28.1 Å². The first-order chi connectivity index (χ1) is 17.9. The first kappa shape index (κ1) is 27.4. The Morgan fingerprint density at radius 3 is 2.42 bits per heavy atom. The van der Waals surface area contributed by atoms with Gasteiger partial charge in [0.2, 0.25) is 0 Å². The molecule has 1 saturated heterocycles. The summed E-state index contributed by atoms with van der Waals surface area (Å²) in [4.78, 5) is 8.57. The van der Waals surface area contributed by atoms with Gasteiger partial charge >= 0.3 is 6.18 Å². The quantitative estimate of drug-likeness (QED) is 0.233. The van der Waals surface area contributed by atoms with Crippen molar-refractivity contribution in [1.82, 2.24) is 19.7 Å². The average molecular weight is 530 g/mol. The Kier molecular flexibility index (Phi) is 7.93. The van der Waals surface area contributed by atoms with Crippen molar-refractivity contribution < 1.29 is 13.2 Å². The summed E-state index contributed by atoms with van der Waals surface area (Å²) >= 11 is 0. The number of hydrazine groups is 1. The normalized spacial score (nSPS) is 14.6. The van der Waals surface area contributed by atoms with Crippen LogP contribution >= 0.6 is 0 Å². The molecule has 0 unspecified atom stereocenters. The zero-order valence-electron chi connectivity index (χ0n) is 22.1. The van der Waals surface area contributed by atoms with Crippen LogP contribution in [-0.4, -0.2) is 65.1 Å². The second-order valence-corrected chi connectivity index (χ2v) is 9.73. The summed E-state index contributed by atoms with van der Waals surface area (Å²) in [6.45, 7) is 7.05. The van der Waals surface area contributed by atoms with E-state index in [2.05, 4.69) is 20.3 Å². The first-order valence-electron chi connectivity index (χ1n) is 12.4. The fourth-order valence-corrected chi connectivity index (χ4v) is 4.41. The lowest BCUT2D eigenvalue weighted by Gasteiger charge is -2.34. The van der Waals surface area contributed by atoms with Gasteiger partial charge in [-0.2, -0.15) is 18.3 Å². The summed E-state index contributed by atoms with van der Waals surface area (Å²) in [5.41, 5.74) is 4.23. The largest absolute Gasteiger partial charge is 0.416 e. The summed E-state index contributed by atoms with van der Waals surface area (Å²) in [6.07, 6.45) is -1.14. The summed E-state index contributed by atoms with van der Waals surface area (Å²) in [7, 11) is 3.82. The van der Waals surface area contributed by atoms with Gasteiger partial charge in [0.25, 0.3) is 0 Å². The summed E-state index contributed by atoms with van der Waals surface area (Å²) in [5.74, 6) is 6.32. The third-order valence-corrected chi connectivity index (χ3v) is 6.93. The number of hydrogen-bond donors (Lipinski definition) is 3. The number of alkyl halides is 3. The number of likely N-dealkylation sites (N-methyl/N-ethyl adjacent to an activating group) is 1. The van der Waals surface area contributed by atoms with E-state index in [0.29, 0.717) is 47.1 Å². The molecule has 0 aliphatic carbocycles. The summed E-state index contributed by atoms with van der Waals surface area (Å²) in [5, 5.41) is 17.2. The maximum atomic E-state index is 13.7. The predicted molar refractivity (Wildman–Crippen MR) is 144 cm³/mol. The molecule has 1 aromatic carbocycles. The number of rotatable bonds is 8. The van der Waals surface area contributed by atoms with Crippen molar-refractivity contribution in [3.05, 3.63) is 64.7 Å². The molecule has 0 spiro atoms. The highest BCUT2D eigenvalue weighted by molar-refractivity contribution is 6.01. The van der Waals surface area contributed by atoms with Gasteiger partial charge in [0.1, 0.15) is 0 Å². The summed E-state index contributed by atoms with van der Waals surface area (Å²) in [6, 6.07) is 5.95. The number of nitrogens with one attached hydrogen (secondary N) is 2. The van der Waals surface area contributed by atoms with Crippen LogP contribution < -0.4 is 21.1 Å². The van der Waals surface area contributed by atoms with E-state index >= 15 is 0 Å². The Labute approximate surface area is 220 Å². The molecule has 0 atom stereocenters. The number of halogens is 3. The molecule has 0 saturated carbocycles. The lowest BCUT2D eigenvalue weighted by atomic mass is 10.1. The lowest BCUT2D eigenvalue weighted by molar-refractivity contribution is -0.137. The average Bonchev–Trinajstić information content (AvgIpc) is 3.21. The first-order valence-corrected chi connectivity index (χ1v) is 12.4. The number of anilines is 3. The maximum Gasteiger partial charge on any atom is 0.416 e. The molecule has 1 aliphatic heterocycles.